The Kier molecular flexibility index (Phi) is 5.11. The molecule has 4 aromatic carbocycles. The van der Waals surface area contributed by atoms with Crippen molar-refractivity contribution >= 4 is 66.3 Å². The van der Waals surface area contributed by atoms with E-state index >= 15 is 0 Å². The molecule has 2 nitrogen and oxygen atoms in total. The van der Waals surface area contributed by atoms with Crippen LogP contribution in [-0.2, 0) is 0 Å². The molecule has 0 N–H and O–H groups in total. The number of ketones is 2. The molecule has 150 valence electrons. The Morgan fingerprint density at radius 1 is 0.516 bits per heavy atom. The van der Waals surface area contributed by atoms with Gasteiger partial charge in [0.25, 0.3) is 0 Å². The fourth-order valence-corrected chi connectivity index (χ4v) is 4.91. The number of thiophene rings is 1. The van der Waals surface area contributed by atoms with Crippen molar-refractivity contribution in [3.8, 4) is 0 Å². The minimum atomic E-state index is -0.0636. The van der Waals surface area contributed by atoms with Crippen molar-refractivity contribution in [3.05, 3.63) is 117 Å². The number of fused-ring (bicyclic) bond motifs is 3. The molecule has 0 aliphatic heterocycles. The second-order valence-corrected chi connectivity index (χ2v) is 9.15. The van der Waals surface area contributed by atoms with Gasteiger partial charge in [-0.1, -0.05) is 23.2 Å². The van der Waals surface area contributed by atoms with Crippen LogP contribution < -0.4 is 0 Å². The highest BCUT2D eigenvalue weighted by molar-refractivity contribution is 7.25. The van der Waals surface area contributed by atoms with E-state index in [1.54, 1.807) is 59.9 Å². The molecule has 0 fully saturated rings. The van der Waals surface area contributed by atoms with Gasteiger partial charge in [0.05, 0.1) is 0 Å². The van der Waals surface area contributed by atoms with Crippen LogP contribution in [0.5, 0.6) is 0 Å². The van der Waals surface area contributed by atoms with Gasteiger partial charge in [-0.2, -0.15) is 0 Å². The summed E-state index contributed by atoms with van der Waals surface area (Å²) < 4.78 is 2.14. The van der Waals surface area contributed by atoms with Crippen molar-refractivity contribution in [2.45, 2.75) is 0 Å². The third kappa shape index (κ3) is 3.77. The van der Waals surface area contributed by atoms with Crippen LogP contribution in [0.15, 0.2) is 84.9 Å². The van der Waals surface area contributed by atoms with Gasteiger partial charge in [-0.15, -0.1) is 11.3 Å². The minimum Gasteiger partial charge on any atom is -0.289 e. The Balaban J connectivity index is 1.58. The Labute approximate surface area is 192 Å². The van der Waals surface area contributed by atoms with Crippen LogP contribution >= 0.6 is 34.5 Å². The Hall–Kier alpha value is -2.98. The fourth-order valence-electron chi connectivity index (χ4n) is 3.60. The molecule has 0 saturated carbocycles. The maximum atomic E-state index is 12.9. The summed E-state index contributed by atoms with van der Waals surface area (Å²) in [5.41, 5.74) is 2.37. The highest BCUT2D eigenvalue weighted by Gasteiger charge is 2.15. The third-order valence-electron chi connectivity index (χ3n) is 5.21. The van der Waals surface area contributed by atoms with E-state index < -0.39 is 0 Å². The van der Waals surface area contributed by atoms with Crippen LogP contribution in [0.4, 0.5) is 0 Å². The number of carbonyl (C=O) groups excluding carboxylic acids is 2. The average molecular weight is 461 g/mol. The minimum absolute atomic E-state index is 0.0636. The van der Waals surface area contributed by atoms with Gasteiger partial charge in [-0.25, -0.2) is 0 Å². The first-order chi connectivity index (χ1) is 15.0. The van der Waals surface area contributed by atoms with Crippen molar-refractivity contribution in [1.29, 1.82) is 0 Å². The Bertz CT molecular complexity index is 1350. The van der Waals surface area contributed by atoms with Crippen molar-refractivity contribution < 1.29 is 9.59 Å². The number of hydrogen-bond acceptors (Lipinski definition) is 3. The summed E-state index contributed by atoms with van der Waals surface area (Å²) in [7, 11) is 0. The van der Waals surface area contributed by atoms with Crippen LogP contribution in [0.3, 0.4) is 0 Å². The maximum Gasteiger partial charge on any atom is 0.193 e. The van der Waals surface area contributed by atoms with E-state index in [4.69, 9.17) is 23.2 Å². The molecule has 0 saturated heterocycles. The van der Waals surface area contributed by atoms with Gasteiger partial charge < -0.3 is 0 Å². The first-order valence-electron chi connectivity index (χ1n) is 9.56. The number of hydrogen-bond donors (Lipinski definition) is 0. The van der Waals surface area contributed by atoms with Crippen molar-refractivity contribution in [3.63, 3.8) is 0 Å². The molecule has 5 rings (SSSR count). The number of halogens is 2. The van der Waals surface area contributed by atoms with Crippen molar-refractivity contribution in [2.75, 3.05) is 0 Å². The number of carbonyl (C=O) groups is 2. The highest BCUT2D eigenvalue weighted by Crippen LogP contribution is 2.35. The number of benzene rings is 4. The second-order valence-electron chi connectivity index (χ2n) is 7.20. The molecular weight excluding hydrogens is 447 g/mol. The normalized spacial score (nSPS) is 11.2. The van der Waals surface area contributed by atoms with Crippen LogP contribution in [0.1, 0.15) is 31.8 Å². The summed E-state index contributed by atoms with van der Waals surface area (Å²) in [4.78, 5) is 25.9. The molecule has 0 aliphatic carbocycles. The lowest BCUT2D eigenvalue weighted by molar-refractivity contribution is 0.103. The van der Waals surface area contributed by atoms with E-state index in [0.29, 0.717) is 32.3 Å². The SMILES string of the molecule is O=C(c1ccc(Cl)cc1)c1ccc2sc3ccc(C(=O)c4ccc(Cl)cc4)cc3c2c1. The molecule has 5 heteroatoms. The molecule has 0 radical (unpaired) electrons. The summed E-state index contributed by atoms with van der Waals surface area (Å²) in [5, 5.41) is 3.11. The monoisotopic (exact) mass is 460 g/mol. The van der Waals surface area contributed by atoms with Gasteiger partial charge in [0, 0.05) is 52.5 Å². The van der Waals surface area contributed by atoms with E-state index in [0.717, 1.165) is 20.2 Å². The lowest BCUT2D eigenvalue weighted by Gasteiger charge is -2.04. The molecular formula is C26H14Cl2O2S. The molecule has 0 unspecified atom stereocenters. The zero-order chi connectivity index (χ0) is 21.5. The lowest BCUT2D eigenvalue weighted by Crippen LogP contribution is -2.01. The highest BCUT2D eigenvalue weighted by atomic mass is 35.5. The molecule has 31 heavy (non-hydrogen) atoms. The zero-order valence-corrected chi connectivity index (χ0v) is 18.4. The summed E-state index contributed by atoms with van der Waals surface area (Å²) in [6, 6.07) is 25.2. The second kappa shape index (κ2) is 7.93. The van der Waals surface area contributed by atoms with E-state index in [9.17, 15) is 9.59 Å². The van der Waals surface area contributed by atoms with Crippen LogP contribution in [-0.4, -0.2) is 11.6 Å². The van der Waals surface area contributed by atoms with E-state index in [1.165, 1.54) is 0 Å². The maximum absolute atomic E-state index is 12.9. The van der Waals surface area contributed by atoms with Gasteiger partial charge in [0.2, 0.25) is 0 Å². The van der Waals surface area contributed by atoms with E-state index in [1.807, 2.05) is 36.4 Å². The molecule has 1 heterocycles. The third-order valence-corrected chi connectivity index (χ3v) is 6.86. The van der Waals surface area contributed by atoms with Crippen LogP contribution in [0.25, 0.3) is 20.2 Å². The summed E-state index contributed by atoms with van der Waals surface area (Å²) in [6.07, 6.45) is 0. The first-order valence-corrected chi connectivity index (χ1v) is 11.1. The van der Waals surface area contributed by atoms with Gasteiger partial charge in [-0.05, 0) is 84.9 Å². The summed E-state index contributed by atoms with van der Waals surface area (Å²) in [6.45, 7) is 0. The van der Waals surface area contributed by atoms with Gasteiger partial charge in [0.1, 0.15) is 0 Å². The number of rotatable bonds is 4. The Morgan fingerprint density at radius 2 is 0.871 bits per heavy atom. The van der Waals surface area contributed by atoms with Crippen LogP contribution in [0.2, 0.25) is 10.0 Å². The summed E-state index contributed by atoms with van der Waals surface area (Å²) >= 11 is 13.5. The molecule has 5 aromatic rings. The molecule has 0 spiro atoms. The quantitative estimate of drug-likeness (QED) is 0.256. The molecule has 0 bridgehead atoms. The fraction of sp³-hybridized carbons (Fsp3) is 0. The molecule has 0 amide bonds. The topological polar surface area (TPSA) is 34.1 Å². The van der Waals surface area contributed by atoms with Gasteiger partial charge >= 0.3 is 0 Å². The van der Waals surface area contributed by atoms with Crippen molar-refractivity contribution in [1.82, 2.24) is 0 Å². The lowest BCUT2D eigenvalue weighted by atomic mass is 9.99. The zero-order valence-electron chi connectivity index (χ0n) is 16.1. The predicted octanol–water partition coefficient (Wildman–Crippen LogP) is 7.82. The molecule has 0 aliphatic rings. The average Bonchev–Trinajstić information content (AvgIpc) is 3.16. The predicted molar refractivity (Wildman–Crippen MR) is 129 cm³/mol. The summed E-state index contributed by atoms with van der Waals surface area (Å²) in [5.74, 6) is -0.127. The first kappa shape index (κ1) is 20.0. The van der Waals surface area contributed by atoms with Crippen molar-refractivity contribution in [2.24, 2.45) is 0 Å². The van der Waals surface area contributed by atoms with E-state index in [-0.39, 0.29) is 11.6 Å². The van der Waals surface area contributed by atoms with E-state index in [2.05, 4.69) is 0 Å². The standard InChI is InChI=1S/C26H14Cl2O2S/c27-19-7-1-15(2-8-19)25(29)17-5-11-23-21(13-17)22-14-18(6-12-24(22)31-23)26(30)16-3-9-20(28)10-4-16/h1-14H. The van der Waals surface area contributed by atoms with Crippen LogP contribution in [0, 0.1) is 0 Å². The largest absolute Gasteiger partial charge is 0.289 e. The Morgan fingerprint density at radius 3 is 1.26 bits per heavy atom. The molecule has 1 aromatic heterocycles. The van der Waals surface area contributed by atoms with Gasteiger partial charge in [-0.3, -0.25) is 9.59 Å². The van der Waals surface area contributed by atoms with Gasteiger partial charge in [0.15, 0.2) is 11.6 Å². The molecule has 0 atom stereocenters. The smallest absolute Gasteiger partial charge is 0.193 e.